The van der Waals surface area contributed by atoms with E-state index in [0.29, 0.717) is 0 Å². The Morgan fingerprint density at radius 3 is 1.92 bits per heavy atom. The van der Waals surface area contributed by atoms with Crippen LogP contribution in [0.3, 0.4) is 0 Å². The van der Waals surface area contributed by atoms with E-state index in [4.69, 9.17) is 0 Å². The molecule has 0 spiro atoms. The van der Waals surface area contributed by atoms with Gasteiger partial charge in [0, 0.05) is 5.41 Å². The Morgan fingerprint density at radius 1 is 0.625 bits per heavy atom. The van der Waals surface area contributed by atoms with Gasteiger partial charge in [-0.2, -0.15) is 0 Å². The molecule has 1 aliphatic rings. The van der Waals surface area contributed by atoms with Gasteiger partial charge in [0.25, 0.3) is 0 Å². The summed E-state index contributed by atoms with van der Waals surface area (Å²) in [6.07, 6.45) is 0. The van der Waals surface area contributed by atoms with Crippen LogP contribution >= 0.6 is 0 Å². The van der Waals surface area contributed by atoms with Gasteiger partial charge in [0.2, 0.25) is 0 Å². The van der Waals surface area contributed by atoms with Gasteiger partial charge in [0.1, 0.15) is 0 Å². The molecule has 0 heteroatoms. The Labute approximate surface area is 147 Å². The Hall–Kier alpha value is -2.34. The van der Waals surface area contributed by atoms with Crippen LogP contribution in [-0.4, -0.2) is 0 Å². The fourth-order valence-corrected chi connectivity index (χ4v) is 3.63. The van der Waals surface area contributed by atoms with E-state index in [9.17, 15) is 0 Å². The number of fused-ring (bicyclic) bond motifs is 3. The molecule has 0 fully saturated rings. The maximum atomic E-state index is 2.38. The molecule has 0 atom stereocenters. The summed E-state index contributed by atoms with van der Waals surface area (Å²) in [5.41, 5.74) is 9.62. The second-order valence-corrected chi connectivity index (χ2v) is 6.80. The predicted molar refractivity (Wildman–Crippen MR) is 108 cm³/mol. The highest BCUT2D eigenvalue weighted by Gasteiger charge is 2.35. The number of aryl methyl sites for hydroxylation is 1. The number of benzene rings is 3. The summed E-state index contributed by atoms with van der Waals surface area (Å²) in [4.78, 5) is 0. The second-order valence-electron chi connectivity index (χ2n) is 6.80. The largest absolute Gasteiger partial charge is 0.0776 e. The fourth-order valence-electron chi connectivity index (χ4n) is 3.63. The molecule has 3 aromatic carbocycles. The summed E-state index contributed by atoms with van der Waals surface area (Å²) >= 11 is 0. The molecule has 0 heterocycles. The lowest BCUT2D eigenvalue weighted by Crippen LogP contribution is -2.14. The van der Waals surface area contributed by atoms with Crippen LogP contribution in [0.15, 0.2) is 66.7 Å². The minimum Gasteiger partial charge on any atom is -0.0776 e. The number of hydrogen-bond donors (Lipinski definition) is 0. The summed E-state index contributed by atoms with van der Waals surface area (Å²) in [5, 5.41) is 0. The molecule has 0 bridgehead atoms. The van der Waals surface area contributed by atoms with Crippen molar-refractivity contribution in [2.75, 3.05) is 0 Å². The van der Waals surface area contributed by atoms with E-state index in [1.807, 2.05) is 0 Å². The Balaban J connectivity index is 0.00000104. The molecule has 4 rings (SSSR count). The van der Waals surface area contributed by atoms with Gasteiger partial charge in [-0.3, -0.25) is 0 Å². The Morgan fingerprint density at radius 2 is 1.21 bits per heavy atom. The fraction of sp³-hybridized carbons (Fsp3) is 0.250. The molecular formula is C24H28. The molecule has 0 saturated heterocycles. The summed E-state index contributed by atoms with van der Waals surface area (Å²) in [6.45, 7) is 6.79. The zero-order chi connectivity index (χ0) is 15.3. The van der Waals surface area contributed by atoms with E-state index in [0.717, 1.165) is 0 Å². The van der Waals surface area contributed by atoms with Gasteiger partial charge in [-0.05, 0) is 46.4 Å². The molecule has 0 amide bonds. The van der Waals surface area contributed by atoms with Crippen LogP contribution in [-0.2, 0) is 5.41 Å². The van der Waals surface area contributed by atoms with Gasteiger partial charge in [0.15, 0.2) is 0 Å². The third-order valence-corrected chi connectivity index (χ3v) is 4.97. The SMILES string of the molecule is C.C.Cc1ccc(-c2ccc3c(c2)C(C)(C)c2ccccc2-3)cc1. The van der Waals surface area contributed by atoms with Crippen molar-refractivity contribution in [3.8, 4) is 22.3 Å². The number of rotatable bonds is 1. The van der Waals surface area contributed by atoms with E-state index in [2.05, 4.69) is 87.5 Å². The average Bonchev–Trinajstić information content (AvgIpc) is 2.77. The normalized spacial score (nSPS) is 13.3. The molecule has 3 aromatic rings. The monoisotopic (exact) mass is 316 g/mol. The van der Waals surface area contributed by atoms with Crippen molar-refractivity contribution in [2.24, 2.45) is 0 Å². The van der Waals surface area contributed by atoms with Crippen molar-refractivity contribution in [3.05, 3.63) is 83.4 Å². The van der Waals surface area contributed by atoms with Crippen LogP contribution < -0.4 is 0 Å². The van der Waals surface area contributed by atoms with Crippen LogP contribution in [0.2, 0.25) is 0 Å². The van der Waals surface area contributed by atoms with Gasteiger partial charge in [-0.25, -0.2) is 0 Å². The highest BCUT2D eigenvalue weighted by molar-refractivity contribution is 5.83. The van der Waals surface area contributed by atoms with Crippen molar-refractivity contribution in [2.45, 2.75) is 41.0 Å². The van der Waals surface area contributed by atoms with E-state index < -0.39 is 0 Å². The second kappa shape index (κ2) is 6.28. The summed E-state index contributed by atoms with van der Waals surface area (Å²) in [5.74, 6) is 0. The molecule has 0 aliphatic heterocycles. The third-order valence-electron chi connectivity index (χ3n) is 4.97. The van der Waals surface area contributed by atoms with E-state index in [1.54, 1.807) is 0 Å². The van der Waals surface area contributed by atoms with E-state index in [-0.39, 0.29) is 20.3 Å². The summed E-state index contributed by atoms with van der Waals surface area (Å²) < 4.78 is 0. The molecule has 24 heavy (non-hydrogen) atoms. The van der Waals surface area contributed by atoms with Crippen molar-refractivity contribution in [1.82, 2.24) is 0 Å². The first-order valence-corrected chi connectivity index (χ1v) is 7.89. The zero-order valence-corrected chi connectivity index (χ0v) is 13.4. The first kappa shape index (κ1) is 18.0. The quantitative estimate of drug-likeness (QED) is 0.444. The first-order chi connectivity index (χ1) is 10.6. The van der Waals surface area contributed by atoms with Crippen molar-refractivity contribution in [3.63, 3.8) is 0 Å². The molecule has 0 saturated carbocycles. The Kier molecular flexibility index (Phi) is 4.71. The van der Waals surface area contributed by atoms with Gasteiger partial charge >= 0.3 is 0 Å². The lowest BCUT2D eigenvalue weighted by Gasteiger charge is -2.22. The van der Waals surface area contributed by atoms with E-state index >= 15 is 0 Å². The average molecular weight is 316 g/mol. The van der Waals surface area contributed by atoms with Gasteiger partial charge in [-0.15, -0.1) is 0 Å². The van der Waals surface area contributed by atoms with Gasteiger partial charge in [-0.1, -0.05) is 94.9 Å². The molecule has 0 aromatic heterocycles. The Bertz CT molecular complexity index is 851. The summed E-state index contributed by atoms with van der Waals surface area (Å²) in [7, 11) is 0. The standard InChI is InChI=1S/C22H20.2CH4/c1-15-8-10-16(11-9-15)17-12-13-19-18-6-4-5-7-20(18)22(2,3)21(19)14-17;;/h4-14H,1-3H3;2*1H4. The smallest absolute Gasteiger partial charge is 0.0159 e. The summed E-state index contributed by atoms with van der Waals surface area (Å²) in [6, 6.07) is 24.5. The van der Waals surface area contributed by atoms with Gasteiger partial charge < -0.3 is 0 Å². The highest BCUT2D eigenvalue weighted by atomic mass is 14.4. The third kappa shape index (κ3) is 2.57. The minimum absolute atomic E-state index is 0. The van der Waals surface area contributed by atoms with Crippen LogP contribution in [0.5, 0.6) is 0 Å². The maximum absolute atomic E-state index is 2.38. The van der Waals surface area contributed by atoms with Crippen LogP contribution in [0.25, 0.3) is 22.3 Å². The van der Waals surface area contributed by atoms with Crippen molar-refractivity contribution >= 4 is 0 Å². The van der Waals surface area contributed by atoms with Crippen LogP contribution in [0.4, 0.5) is 0 Å². The van der Waals surface area contributed by atoms with Crippen molar-refractivity contribution in [1.29, 1.82) is 0 Å². The highest BCUT2D eigenvalue weighted by Crippen LogP contribution is 2.49. The maximum Gasteiger partial charge on any atom is 0.0159 e. The number of hydrogen-bond acceptors (Lipinski definition) is 0. The zero-order valence-electron chi connectivity index (χ0n) is 13.4. The topological polar surface area (TPSA) is 0 Å². The predicted octanol–water partition coefficient (Wildman–Crippen LogP) is 7.24. The minimum atomic E-state index is 0. The molecular weight excluding hydrogens is 288 g/mol. The lowest BCUT2D eigenvalue weighted by atomic mass is 9.81. The molecule has 124 valence electrons. The van der Waals surface area contributed by atoms with E-state index in [1.165, 1.54) is 38.9 Å². The lowest BCUT2D eigenvalue weighted by molar-refractivity contribution is 0.660. The molecule has 0 radical (unpaired) electrons. The molecule has 0 nitrogen and oxygen atoms in total. The first-order valence-electron chi connectivity index (χ1n) is 7.89. The molecule has 0 unspecified atom stereocenters. The molecule has 1 aliphatic carbocycles. The van der Waals surface area contributed by atoms with Crippen molar-refractivity contribution < 1.29 is 0 Å². The molecule has 0 N–H and O–H groups in total. The van der Waals surface area contributed by atoms with Gasteiger partial charge in [0.05, 0.1) is 0 Å². The van der Waals surface area contributed by atoms with Crippen LogP contribution in [0, 0.1) is 6.92 Å². The van der Waals surface area contributed by atoms with Crippen LogP contribution in [0.1, 0.15) is 45.4 Å².